The molecule has 2 aromatic rings. The molecule has 0 saturated carbocycles. The monoisotopic (exact) mass is 458 g/mol. The molecule has 0 aromatic heterocycles. The van der Waals surface area contributed by atoms with Gasteiger partial charge in [0.1, 0.15) is 0 Å². The summed E-state index contributed by atoms with van der Waals surface area (Å²) in [5.41, 5.74) is 1.98. The summed E-state index contributed by atoms with van der Waals surface area (Å²) in [5.74, 6) is 0. The second-order valence-corrected chi connectivity index (χ2v) is 11.8. The first-order valence-electron chi connectivity index (χ1n) is 10.2. The molecule has 0 amide bonds. The highest BCUT2D eigenvalue weighted by molar-refractivity contribution is 7.89. The Balaban J connectivity index is 1.56. The molecule has 2 aliphatic heterocycles. The summed E-state index contributed by atoms with van der Waals surface area (Å²) in [7, 11) is -7.35. The lowest BCUT2D eigenvalue weighted by Gasteiger charge is -2.30. The van der Waals surface area contributed by atoms with Gasteiger partial charge in [0, 0.05) is 25.2 Å². The number of aryl methyl sites for hydroxylation is 2. The maximum Gasteiger partial charge on any atom is 0.243 e. The minimum Gasteiger partial charge on any atom is -0.207 e. The average Bonchev–Trinajstić information content (AvgIpc) is 3.39. The van der Waals surface area contributed by atoms with Gasteiger partial charge in [-0.2, -0.15) is 8.61 Å². The van der Waals surface area contributed by atoms with Crippen molar-refractivity contribution < 1.29 is 16.8 Å². The fourth-order valence-electron chi connectivity index (χ4n) is 3.99. The first-order chi connectivity index (χ1) is 14.7. The first-order valence-corrected chi connectivity index (χ1v) is 13.1. The highest BCUT2D eigenvalue weighted by Gasteiger charge is 2.38. The molecule has 31 heavy (non-hydrogen) atoms. The summed E-state index contributed by atoms with van der Waals surface area (Å²) in [6, 6.07) is 12.8. The second kappa shape index (κ2) is 8.35. The van der Waals surface area contributed by atoms with Crippen molar-refractivity contribution in [2.24, 2.45) is 0 Å². The van der Waals surface area contributed by atoms with E-state index in [-0.39, 0.29) is 22.9 Å². The maximum atomic E-state index is 13.2. The van der Waals surface area contributed by atoms with E-state index < -0.39 is 32.1 Å². The van der Waals surface area contributed by atoms with E-state index in [1.165, 1.54) is 8.61 Å². The zero-order valence-electron chi connectivity index (χ0n) is 17.5. The van der Waals surface area contributed by atoms with Crippen LogP contribution in [0.3, 0.4) is 0 Å². The molecule has 4 rings (SSSR count). The third-order valence-corrected chi connectivity index (χ3v) is 9.58. The maximum absolute atomic E-state index is 13.2. The number of sulfonamides is 2. The average molecular weight is 459 g/mol. The quantitative estimate of drug-likeness (QED) is 0.623. The minimum atomic E-state index is -3.68. The van der Waals surface area contributed by atoms with Gasteiger partial charge in [0.25, 0.3) is 0 Å². The van der Waals surface area contributed by atoms with E-state index in [0.29, 0.717) is 6.42 Å². The van der Waals surface area contributed by atoms with E-state index in [4.69, 9.17) is 0 Å². The van der Waals surface area contributed by atoms with Gasteiger partial charge < -0.3 is 0 Å². The predicted molar refractivity (Wildman–Crippen MR) is 121 cm³/mol. The Morgan fingerprint density at radius 2 is 1.03 bits per heavy atom. The normalized spacial score (nSPS) is 22.4. The summed E-state index contributed by atoms with van der Waals surface area (Å²) in [4.78, 5) is 0.496. The van der Waals surface area contributed by atoms with Gasteiger partial charge in [0.05, 0.1) is 9.79 Å². The Labute approximate surface area is 184 Å². The van der Waals surface area contributed by atoms with E-state index in [2.05, 4.69) is 0 Å². The van der Waals surface area contributed by atoms with Crippen LogP contribution in [0, 0.1) is 13.8 Å². The Hall–Kier alpha value is -2.26. The van der Waals surface area contributed by atoms with Crippen LogP contribution in [-0.4, -0.2) is 50.6 Å². The number of nitrogens with zero attached hydrogens (tertiary/aromatic N) is 2. The molecule has 0 fully saturated rings. The number of benzene rings is 2. The van der Waals surface area contributed by atoms with Crippen molar-refractivity contribution in [1.29, 1.82) is 0 Å². The summed E-state index contributed by atoms with van der Waals surface area (Å²) >= 11 is 0. The van der Waals surface area contributed by atoms with Crippen LogP contribution >= 0.6 is 0 Å². The largest absolute Gasteiger partial charge is 0.243 e. The topological polar surface area (TPSA) is 74.8 Å². The Morgan fingerprint density at radius 1 is 0.677 bits per heavy atom. The van der Waals surface area contributed by atoms with Crippen molar-refractivity contribution in [1.82, 2.24) is 8.61 Å². The standard InChI is InChI=1S/C23H26N2O4S2/c1-18-7-11-22(12-8-18)30(26,27)24-15-3-5-20(24)17-21-6-4-16-25(21)31(28,29)23-13-9-19(2)10-14-23/h3-14,20-21H,15-17H2,1-2H3. The van der Waals surface area contributed by atoms with E-state index in [1.54, 1.807) is 48.5 Å². The van der Waals surface area contributed by atoms with Crippen molar-refractivity contribution in [3.8, 4) is 0 Å². The summed E-state index contributed by atoms with van der Waals surface area (Å²) < 4.78 is 55.7. The third kappa shape index (κ3) is 4.25. The third-order valence-electron chi connectivity index (χ3n) is 5.77. The van der Waals surface area contributed by atoms with Crippen LogP contribution in [0.4, 0.5) is 0 Å². The van der Waals surface area contributed by atoms with Crippen molar-refractivity contribution in [3.63, 3.8) is 0 Å². The van der Waals surface area contributed by atoms with Crippen LogP contribution in [0.2, 0.25) is 0 Å². The van der Waals surface area contributed by atoms with Gasteiger partial charge in [-0.25, -0.2) is 16.8 Å². The van der Waals surface area contributed by atoms with Gasteiger partial charge in [-0.05, 0) is 44.5 Å². The molecule has 6 nitrogen and oxygen atoms in total. The fraction of sp³-hybridized carbons (Fsp3) is 0.304. The highest BCUT2D eigenvalue weighted by Crippen LogP contribution is 2.30. The lowest BCUT2D eigenvalue weighted by molar-refractivity contribution is 0.326. The minimum absolute atomic E-state index is 0.248. The van der Waals surface area contributed by atoms with Crippen LogP contribution in [0.1, 0.15) is 17.5 Å². The molecule has 2 atom stereocenters. The van der Waals surface area contributed by atoms with Crippen molar-refractivity contribution >= 4 is 20.0 Å². The fourth-order valence-corrected chi connectivity index (χ4v) is 7.08. The van der Waals surface area contributed by atoms with E-state index in [0.717, 1.165) is 11.1 Å². The molecule has 0 N–H and O–H groups in total. The molecule has 2 unspecified atom stereocenters. The van der Waals surface area contributed by atoms with Gasteiger partial charge in [0.15, 0.2) is 0 Å². The summed E-state index contributed by atoms with van der Waals surface area (Å²) in [5, 5.41) is 0. The molecule has 0 saturated heterocycles. The van der Waals surface area contributed by atoms with Crippen LogP contribution in [0.15, 0.2) is 82.6 Å². The van der Waals surface area contributed by atoms with Crippen LogP contribution < -0.4 is 0 Å². The van der Waals surface area contributed by atoms with E-state index >= 15 is 0 Å². The van der Waals surface area contributed by atoms with Crippen LogP contribution in [0.25, 0.3) is 0 Å². The van der Waals surface area contributed by atoms with Gasteiger partial charge in [-0.1, -0.05) is 59.7 Å². The van der Waals surface area contributed by atoms with Crippen molar-refractivity contribution in [3.05, 3.63) is 84.0 Å². The Kier molecular flexibility index (Phi) is 5.91. The number of hydrogen-bond donors (Lipinski definition) is 0. The molecule has 0 spiro atoms. The Bertz CT molecular complexity index is 1120. The molecule has 8 heteroatoms. The van der Waals surface area contributed by atoms with Crippen LogP contribution in [-0.2, 0) is 20.0 Å². The zero-order chi connectivity index (χ0) is 22.2. The van der Waals surface area contributed by atoms with Crippen molar-refractivity contribution in [2.45, 2.75) is 42.1 Å². The molecule has 0 aliphatic carbocycles. The molecule has 0 bridgehead atoms. The van der Waals surface area contributed by atoms with Gasteiger partial charge >= 0.3 is 0 Å². The summed E-state index contributed by atoms with van der Waals surface area (Å²) in [6.07, 6.45) is 7.73. The molecular formula is C23H26N2O4S2. The lowest BCUT2D eigenvalue weighted by atomic mass is 10.1. The number of rotatable bonds is 6. The molecule has 2 aliphatic rings. The molecule has 2 aromatic carbocycles. The Morgan fingerprint density at radius 3 is 1.39 bits per heavy atom. The highest BCUT2D eigenvalue weighted by atomic mass is 32.2. The van der Waals surface area contributed by atoms with Crippen LogP contribution in [0.5, 0.6) is 0 Å². The predicted octanol–water partition coefficient (Wildman–Crippen LogP) is 3.25. The summed E-state index contributed by atoms with van der Waals surface area (Å²) in [6.45, 7) is 4.38. The van der Waals surface area contributed by atoms with E-state index in [1.807, 2.05) is 38.2 Å². The van der Waals surface area contributed by atoms with E-state index in [9.17, 15) is 16.8 Å². The smallest absolute Gasteiger partial charge is 0.207 e. The first kappa shape index (κ1) is 22.0. The van der Waals surface area contributed by atoms with Crippen molar-refractivity contribution in [2.75, 3.05) is 13.1 Å². The van der Waals surface area contributed by atoms with Gasteiger partial charge in [-0.3, -0.25) is 0 Å². The SMILES string of the molecule is Cc1ccc(S(=O)(=O)N2CC=CC2CC2C=CCN2S(=O)(=O)c2ccc(C)cc2)cc1. The molecule has 2 heterocycles. The molecule has 0 radical (unpaired) electrons. The zero-order valence-corrected chi connectivity index (χ0v) is 19.2. The second-order valence-electron chi connectivity index (χ2n) is 8.00. The van der Waals surface area contributed by atoms with Gasteiger partial charge in [0.2, 0.25) is 20.0 Å². The van der Waals surface area contributed by atoms with Gasteiger partial charge in [-0.15, -0.1) is 0 Å². The lowest BCUT2D eigenvalue weighted by Crippen LogP contribution is -2.42. The molecular weight excluding hydrogens is 432 g/mol. The number of hydrogen-bond acceptors (Lipinski definition) is 4. The molecule has 164 valence electrons.